The number of aliphatic hydroxyl groups is 1. The Labute approximate surface area is 109 Å². The molecule has 5 heteroatoms. The van der Waals surface area contributed by atoms with Crippen LogP contribution >= 0.6 is 0 Å². The summed E-state index contributed by atoms with van der Waals surface area (Å²) in [4.78, 5) is 8.69. The number of hydrogen-bond donors (Lipinski definition) is 3. The van der Waals surface area contributed by atoms with E-state index in [1.807, 2.05) is 27.7 Å². The lowest BCUT2D eigenvalue weighted by Crippen LogP contribution is -2.19. The quantitative estimate of drug-likeness (QED) is 0.745. The first-order valence-electron chi connectivity index (χ1n) is 6.40. The number of anilines is 2. The molecule has 1 heterocycles. The molecule has 0 aliphatic heterocycles. The van der Waals surface area contributed by atoms with Gasteiger partial charge in [0.2, 0.25) is 0 Å². The van der Waals surface area contributed by atoms with Gasteiger partial charge < -0.3 is 16.2 Å². The van der Waals surface area contributed by atoms with Gasteiger partial charge in [-0.2, -0.15) is 0 Å². The Morgan fingerprint density at radius 1 is 1.39 bits per heavy atom. The lowest BCUT2D eigenvalue weighted by molar-refractivity contribution is 0.164. The maximum Gasteiger partial charge on any atom is 0.138 e. The Hall–Kier alpha value is -1.36. The van der Waals surface area contributed by atoms with Crippen molar-refractivity contribution in [1.82, 2.24) is 9.97 Å². The van der Waals surface area contributed by atoms with Crippen LogP contribution in [0.15, 0.2) is 6.07 Å². The molecule has 1 aromatic heterocycles. The van der Waals surface area contributed by atoms with E-state index in [-0.39, 0.29) is 11.5 Å². The Morgan fingerprint density at radius 3 is 2.61 bits per heavy atom. The molecule has 0 amide bonds. The van der Waals surface area contributed by atoms with Crippen molar-refractivity contribution in [3.05, 3.63) is 11.9 Å². The Morgan fingerprint density at radius 2 is 2.06 bits per heavy atom. The number of nitrogens with one attached hydrogen (secondary N) is 1. The van der Waals surface area contributed by atoms with Crippen LogP contribution in [-0.4, -0.2) is 27.7 Å². The minimum atomic E-state index is -0.265. The van der Waals surface area contributed by atoms with Crippen LogP contribution in [0, 0.1) is 0 Å². The lowest BCUT2D eigenvalue weighted by atomic mass is 9.96. The highest BCUT2D eigenvalue weighted by molar-refractivity contribution is 5.45. The molecule has 1 unspecified atom stereocenters. The molecule has 0 bridgehead atoms. The topological polar surface area (TPSA) is 84.1 Å². The van der Waals surface area contributed by atoms with Gasteiger partial charge in [0.25, 0.3) is 0 Å². The molecular weight excluding hydrogens is 228 g/mol. The Kier molecular flexibility index (Phi) is 4.90. The fourth-order valence-electron chi connectivity index (χ4n) is 1.46. The maximum absolute atomic E-state index is 9.48. The molecule has 1 atom stereocenters. The summed E-state index contributed by atoms with van der Waals surface area (Å²) in [5.74, 6) is 1.91. The molecule has 5 nitrogen and oxygen atoms in total. The molecule has 0 saturated heterocycles. The van der Waals surface area contributed by atoms with Crippen molar-refractivity contribution < 1.29 is 5.11 Å². The van der Waals surface area contributed by atoms with Gasteiger partial charge in [-0.15, -0.1) is 0 Å². The zero-order valence-corrected chi connectivity index (χ0v) is 11.7. The molecule has 102 valence electrons. The van der Waals surface area contributed by atoms with Crippen molar-refractivity contribution in [2.24, 2.45) is 0 Å². The molecule has 18 heavy (non-hydrogen) atoms. The van der Waals surface area contributed by atoms with Crippen LogP contribution in [0.2, 0.25) is 0 Å². The predicted octanol–water partition coefficient (Wildman–Crippen LogP) is 1.93. The summed E-state index contributed by atoms with van der Waals surface area (Å²) in [5.41, 5.74) is 5.64. The highest BCUT2D eigenvalue weighted by Gasteiger charge is 2.18. The number of aliphatic hydroxyl groups excluding tert-OH is 1. The molecule has 1 rings (SSSR count). The van der Waals surface area contributed by atoms with Crippen LogP contribution < -0.4 is 11.1 Å². The average Bonchev–Trinajstić information content (AvgIpc) is 2.27. The molecule has 1 aromatic rings. The minimum absolute atomic E-state index is 0.130. The van der Waals surface area contributed by atoms with Crippen molar-refractivity contribution >= 4 is 11.6 Å². The Balaban J connectivity index is 2.69. The van der Waals surface area contributed by atoms with Crippen molar-refractivity contribution in [3.63, 3.8) is 0 Å². The lowest BCUT2D eigenvalue weighted by Gasteiger charge is -2.18. The third-order valence-electron chi connectivity index (χ3n) is 2.67. The second kappa shape index (κ2) is 6.00. The molecule has 0 aliphatic carbocycles. The number of rotatable bonds is 5. The van der Waals surface area contributed by atoms with E-state index in [1.165, 1.54) is 0 Å². The first-order chi connectivity index (χ1) is 8.32. The van der Waals surface area contributed by atoms with Crippen LogP contribution in [0.1, 0.15) is 46.4 Å². The summed E-state index contributed by atoms with van der Waals surface area (Å²) in [5, 5.41) is 12.6. The summed E-state index contributed by atoms with van der Waals surface area (Å²) in [6, 6.07) is 1.72. The Bertz CT molecular complexity index is 387. The van der Waals surface area contributed by atoms with Crippen LogP contribution in [0.4, 0.5) is 11.6 Å². The van der Waals surface area contributed by atoms with Crippen molar-refractivity contribution in [1.29, 1.82) is 0 Å². The van der Waals surface area contributed by atoms with Crippen molar-refractivity contribution in [2.45, 2.75) is 52.1 Å². The van der Waals surface area contributed by atoms with Crippen LogP contribution in [-0.2, 0) is 5.41 Å². The summed E-state index contributed by atoms with van der Waals surface area (Å²) < 4.78 is 0. The largest absolute Gasteiger partial charge is 0.393 e. The zero-order chi connectivity index (χ0) is 13.8. The van der Waals surface area contributed by atoms with E-state index in [0.29, 0.717) is 18.8 Å². The van der Waals surface area contributed by atoms with E-state index in [9.17, 15) is 5.11 Å². The van der Waals surface area contributed by atoms with E-state index in [1.54, 1.807) is 6.07 Å². The van der Waals surface area contributed by atoms with Gasteiger partial charge in [0.15, 0.2) is 0 Å². The number of nitrogens with zero attached hydrogens (tertiary/aromatic N) is 2. The van der Waals surface area contributed by atoms with Gasteiger partial charge in [-0.25, -0.2) is 9.97 Å². The molecular formula is C13H24N4O. The smallest absolute Gasteiger partial charge is 0.138 e. The van der Waals surface area contributed by atoms with Gasteiger partial charge in [-0.1, -0.05) is 27.7 Å². The van der Waals surface area contributed by atoms with E-state index in [4.69, 9.17) is 5.73 Å². The highest BCUT2D eigenvalue weighted by Crippen LogP contribution is 2.21. The molecule has 0 saturated carbocycles. The molecule has 0 spiro atoms. The van der Waals surface area contributed by atoms with E-state index in [0.717, 1.165) is 18.1 Å². The van der Waals surface area contributed by atoms with Crippen molar-refractivity contribution in [2.75, 3.05) is 17.6 Å². The summed E-state index contributed by atoms with van der Waals surface area (Å²) >= 11 is 0. The SMILES string of the molecule is CCC(O)CCNc1cc(N)nc(C(C)(C)C)n1. The third kappa shape index (κ3) is 4.49. The van der Waals surface area contributed by atoms with Gasteiger partial charge in [0.05, 0.1) is 6.10 Å². The summed E-state index contributed by atoms with van der Waals surface area (Å²) in [7, 11) is 0. The van der Waals surface area contributed by atoms with Gasteiger partial charge >= 0.3 is 0 Å². The third-order valence-corrected chi connectivity index (χ3v) is 2.67. The number of nitrogen functional groups attached to an aromatic ring is 1. The fraction of sp³-hybridized carbons (Fsp3) is 0.692. The van der Waals surface area contributed by atoms with E-state index in [2.05, 4.69) is 15.3 Å². The van der Waals surface area contributed by atoms with Crippen LogP contribution in [0.3, 0.4) is 0 Å². The second-order valence-electron chi connectivity index (χ2n) is 5.53. The predicted molar refractivity (Wildman–Crippen MR) is 74.5 cm³/mol. The molecule has 0 aliphatic rings. The first-order valence-corrected chi connectivity index (χ1v) is 6.40. The molecule has 0 aromatic carbocycles. The first kappa shape index (κ1) is 14.7. The average molecular weight is 252 g/mol. The number of nitrogens with two attached hydrogens (primary N) is 1. The van der Waals surface area contributed by atoms with Crippen LogP contribution in [0.25, 0.3) is 0 Å². The van der Waals surface area contributed by atoms with Gasteiger partial charge in [-0.3, -0.25) is 0 Å². The minimum Gasteiger partial charge on any atom is -0.393 e. The van der Waals surface area contributed by atoms with E-state index >= 15 is 0 Å². The normalized spacial score (nSPS) is 13.4. The van der Waals surface area contributed by atoms with Gasteiger partial charge in [-0.05, 0) is 12.8 Å². The maximum atomic E-state index is 9.48. The monoisotopic (exact) mass is 252 g/mol. The number of hydrogen-bond acceptors (Lipinski definition) is 5. The van der Waals surface area contributed by atoms with Crippen molar-refractivity contribution in [3.8, 4) is 0 Å². The van der Waals surface area contributed by atoms with Gasteiger partial charge in [0, 0.05) is 18.0 Å². The fourth-order valence-corrected chi connectivity index (χ4v) is 1.46. The van der Waals surface area contributed by atoms with Crippen LogP contribution in [0.5, 0.6) is 0 Å². The summed E-state index contributed by atoms with van der Waals surface area (Å²) in [6.45, 7) is 8.78. The van der Waals surface area contributed by atoms with E-state index < -0.39 is 0 Å². The zero-order valence-electron chi connectivity index (χ0n) is 11.7. The molecule has 0 radical (unpaired) electrons. The highest BCUT2D eigenvalue weighted by atomic mass is 16.3. The standard InChI is InChI=1S/C13H24N4O/c1-5-9(18)6-7-15-11-8-10(14)16-12(17-11)13(2,3)4/h8-9,18H,5-7H2,1-4H3,(H3,14,15,16,17). The second-order valence-corrected chi connectivity index (χ2v) is 5.53. The molecule has 0 fully saturated rings. The van der Waals surface area contributed by atoms with Gasteiger partial charge in [0.1, 0.15) is 17.5 Å². The molecule has 4 N–H and O–H groups in total. The summed E-state index contributed by atoms with van der Waals surface area (Å²) in [6.07, 6.45) is 1.20. The number of aromatic nitrogens is 2.